The highest BCUT2D eigenvalue weighted by Crippen LogP contribution is 2.35. The highest BCUT2D eigenvalue weighted by Gasteiger charge is 2.31. The lowest BCUT2D eigenvalue weighted by Crippen LogP contribution is -2.45. The number of nitrogens with one attached hydrogen (secondary N) is 1. The zero-order valence-corrected chi connectivity index (χ0v) is 14.8. The van der Waals surface area contributed by atoms with Gasteiger partial charge in [0.05, 0.1) is 12.3 Å². The number of anilines is 1. The zero-order chi connectivity index (χ0) is 15.4. The van der Waals surface area contributed by atoms with Gasteiger partial charge in [-0.3, -0.25) is 0 Å². The minimum Gasteiger partial charge on any atom is -0.378 e. The largest absolute Gasteiger partial charge is 0.378 e. The number of aromatic nitrogens is 1. The van der Waals surface area contributed by atoms with Crippen molar-refractivity contribution in [3.63, 3.8) is 0 Å². The molecule has 5 heteroatoms. The third-order valence-corrected chi connectivity index (χ3v) is 5.56. The molecule has 0 amide bonds. The van der Waals surface area contributed by atoms with Crippen LogP contribution in [0.25, 0.3) is 0 Å². The fourth-order valence-electron chi connectivity index (χ4n) is 3.09. The Balaban J connectivity index is 2.21. The molecule has 3 atom stereocenters. The highest BCUT2D eigenvalue weighted by molar-refractivity contribution is 7.15. The van der Waals surface area contributed by atoms with Gasteiger partial charge >= 0.3 is 0 Å². The van der Waals surface area contributed by atoms with E-state index in [9.17, 15) is 0 Å². The molecule has 1 fully saturated rings. The number of hydrogen-bond donors (Lipinski definition) is 1. The van der Waals surface area contributed by atoms with Crippen molar-refractivity contribution in [3.05, 3.63) is 10.6 Å². The predicted molar refractivity (Wildman–Crippen MR) is 90.0 cm³/mol. The van der Waals surface area contributed by atoms with Gasteiger partial charge in [-0.1, -0.05) is 20.8 Å². The first-order valence-electron chi connectivity index (χ1n) is 8.01. The highest BCUT2D eigenvalue weighted by atomic mass is 32.1. The lowest BCUT2D eigenvalue weighted by molar-refractivity contribution is 0.181. The smallest absolute Gasteiger partial charge is 0.186 e. The standard InChI is InChI=1S/C16H29N3OS/c1-6-17-8-15-14(10-20-5)18-16(21-15)19-9-11(2)7-12(3)13(19)4/h11-13,17H,6-10H2,1-5H3. The van der Waals surface area contributed by atoms with E-state index in [2.05, 4.69) is 37.9 Å². The third-order valence-electron chi connectivity index (χ3n) is 4.43. The lowest BCUT2D eigenvalue weighted by atomic mass is 9.86. The van der Waals surface area contributed by atoms with Crippen LogP contribution in [0.5, 0.6) is 0 Å². The van der Waals surface area contributed by atoms with E-state index in [1.165, 1.54) is 16.4 Å². The van der Waals surface area contributed by atoms with Crippen LogP contribution in [0.4, 0.5) is 5.13 Å². The van der Waals surface area contributed by atoms with Gasteiger partial charge in [0.1, 0.15) is 0 Å². The maximum atomic E-state index is 5.32. The predicted octanol–water partition coefficient (Wildman–Crippen LogP) is 3.27. The van der Waals surface area contributed by atoms with Crippen LogP contribution in [0.3, 0.4) is 0 Å². The number of hydrogen-bond acceptors (Lipinski definition) is 5. The van der Waals surface area contributed by atoms with Crippen LogP contribution in [-0.4, -0.2) is 31.2 Å². The topological polar surface area (TPSA) is 37.4 Å². The maximum Gasteiger partial charge on any atom is 0.186 e. The van der Waals surface area contributed by atoms with Crippen LogP contribution >= 0.6 is 11.3 Å². The number of ether oxygens (including phenoxy) is 1. The van der Waals surface area contributed by atoms with E-state index in [1.807, 2.05) is 11.3 Å². The van der Waals surface area contributed by atoms with E-state index in [-0.39, 0.29) is 0 Å². The summed E-state index contributed by atoms with van der Waals surface area (Å²) < 4.78 is 5.32. The van der Waals surface area contributed by atoms with E-state index >= 15 is 0 Å². The molecule has 2 heterocycles. The van der Waals surface area contributed by atoms with Crippen molar-refractivity contribution >= 4 is 16.5 Å². The van der Waals surface area contributed by atoms with Gasteiger partial charge in [-0.2, -0.15) is 0 Å². The van der Waals surface area contributed by atoms with E-state index < -0.39 is 0 Å². The zero-order valence-electron chi connectivity index (χ0n) is 14.0. The SMILES string of the molecule is CCNCc1sc(N2CC(C)CC(C)C2C)nc1COC. The maximum absolute atomic E-state index is 5.32. The number of rotatable bonds is 6. The summed E-state index contributed by atoms with van der Waals surface area (Å²) in [6.07, 6.45) is 1.32. The summed E-state index contributed by atoms with van der Waals surface area (Å²) >= 11 is 1.83. The normalized spacial score (nSPS) is 26.3. The summed E-state index contributed by atoms with van der Waals surface area (Å²) in [6, 6.07) is 0.565. The molecule has 1 aromatic rings. The summed E-state index contributed by atoms with van der Waals surface area (Å²) in [5, 5.41) is 4.57. The molecule has 0 spiro atoms. The molecule has 2 rings (SSSR count). The van der Waals surface area contributed by atoms with Gasteiger partial charge in [0.25, 0.3) is 0 Å². The average molecular weight is 311 g/mol. The van der Waals surface area contributed by atoms with Crippen molar-refractivity contribution in [1.82, 2.24) is 10.3 Å². The van der Waals surface area contributed by atoms with Crippen LogP contribution < -0.4 is 10.2 Å². The molecule has 21 heavy (non-hydrogen) atoms. The fraction of sp³-hybridized carbons (Fsp3) is 0.812. The second-order valence-corrected chi connectivity index (χ2v) is 7.35. The first kappa shape index (κ1) is 16.7. The first-order valence-corrected chi connectivity index (χ1v) is 8.83. The van der Waals surface area contributed by atoms with Gasteiger partial charge in [0.15, 0.2) is 5.13 Å². The van der Waals surface area contributed by atoms with Gasteiger partial charge in [-0.25, -0.2) is 4.98 Å². The molecule has 1 aromatic heterocycles. The Bertz CT molecular complexity index is 449. The summed E-state index contributed by atoms with van der Waals surface area (Å²) in [5.41, 5.74) is 1.09. The fourth-order valence-corrected chi connectivity index (χ4v) is 4.22. The van der Waals surface area contributed by atoms with Gasteiger partial charge in [-0.05, 0) is 31.7 Å². The van der Waals surface area contributed by atoms with Crippen LogP contribution in [0.1, 0.15) is 44.7 Å². The van der Waals surface area contributed by atoms with Crippen LogP contribution in [0.15, 0.2) is 0 Å². The Morgan fingerprint density at radius 3 is 2.81 bits per heavy atom. The average Bonchev–Trinajstić information content (AvgIpc) is 2.84. The molecule has 0 bridgehead atoms. The van der Waals surface area contributed by atoms with Gasteiger partial charge < -0.3 is 15.0 Å². The van der Waals surface area contributed by atoms with E-state index in [4.69, 9.17) is 9.72 Å². The molecule has 1 aliphatic rings. The van der Waals surface area contributed by atoms with Gasteiger partial charge in [0, 0.05) is 31.1 Å². The van der Waals surface area contributed by atoms with Crippen LogP contribution in [-0.2, 0) is 17.9 Å². The molecule has 0 saturated carbocycles. The molecule has 0 aliphatic carbocycles. The van der Waals surface area contributed by atoms with E-state index in [0.717, 1.165) is 37.2 Å². The summed E-state index contributed by atoms with van der Waals surface area (Å²) in [6.45, 7) is 12.8. The lowest BCUT2D eigenvalue weighted by Gasteiger charge is -2.41. The molecule has 3 unspecified atom stereocenters. The molecule has 1 saturated heterocycles. The Kier molecular flexibility index (Phi) is 6.02. The number of thiazole rings is 1. The Labute approximate surface area is 132 Å². The van der Waals surface area contributed by atoms with Crippen molar-refractivity contribution in [2.45, 2.75) is 53.3 Å². The second-order valence-electron chi connectivity index (χ2n) is 6.29. The molecule has 0 radical (unpaired) electrons. The third kappa shape index (κ3) is 3.96. The van der Waals surface area contributed by atoms with Gasteiger partial charge in [-0.15, -0.1) is 11.3 Å². The summed E-state index contributed by atoms with van der Waals surface area (Å²) in [7, 11) is 1.74. The Morgan fingerprint density at radius 2 is 2.14 bits per heavy atom. The minimum atomic E-state index is 0.565. The molecular weight excluding hydrogens is 282 g/mol. The summed E-state index contributed by atoms with van der Waals surface area (Å²) in [5.74, 6) is 1.46. The van der Waals surface area contributed by atoms with Crippen molar-refractivity contribution in [3.8, 4) is 0 Å². The number of methoxy groups -OCH3 is 1. The van der Waals surface area contributed by atoms with Gasteiger partial charge in [0.2, 0.25) is 0 Å². The van der Waals surface area contributed by atoms with Crippen molar-refractivity contribution in [2.75, 3.05) is 25.1 Å². The molecule has 1 N–H and O–H groups in total. The van der Waals surface area contributed by atoms with E-state index in [1.54, 1.807) is 7.11 Å². The first-order chi connectivity index (χ1) is 10.1. The van der Waals surface area contributed by atoms with Crippen LogP contribution in [0, 0.1) is 11.8 Å². The number of piperidine rings is 1. The molecule has 0 aromatic carbocycles. The molecule has 1 aliphatic heterocycles. The molecule has 120 valence electrons. The molecule has 4 nitrogen and oxygen atoms in total. The molecular formula is C16H29N3OS. The quantitative estimate of drug-likeness (QED) is 0.875. The van der Waals surface area contributed by atoms with Crippen molar-refractivity contribution in [2.24, 2.45) is 11.8 Å². The summed E-state index contributed by atoms with van der Waals surface area (Å²) in [4.78, 5) is 8.69. The second kappa shape index (κ2) is 7.56. The minimum absolute atomic E-state index is 0.565. The monoisotopic (exact) mass is 311 g/mol. The van der Waals surface area contributed by atoms with Crippen molar-refractivity contribution in [1.29, 1.82) is 0 Å². The Hall–Kier alpha value is -0.650. The Morgan fingerprint density at radius 1 is 1.38 bits per heavy atom. The van der Waals surface area contributed by atoms with Crippen LogP contribution in [0.2, 0.25) is 0 Å². The van der Waals surface area contributed by atoms with E-state index in [0.29, 0.717) is 12.6 Å². The number of nitrogens with zero attached hydrogens (tertiary/aromatic N) is 2. The van der Waals surface area contributed by atoms with Crippen molar-refractivity contribution < 1.29 is 4.74 Å².